The minimum atomic E-state index is -0.215. The summed E-state index contributed by atoms with van der Waals surface area (Å²) in [5, 5.41) is 3.02. The Bertz CT molecular complexity index is 1050. The Balaban J connectivity index is 1.49. The molecule has 0 spiro atoms. The predicted octanol–water partition coefficient (Wildman–Crippen LogP) is 4.23. The normalized spacial score (nSPS) is 18.2. The van der Waals surface area contributed by atoms with Crippen molar-refractivity contribution in [2.75, 3.05) is 6.54 Å². The summed E-state index contributed by atoms with van der Waals surface area (Å²) in [6.45, 7) is 2.95. The molecule has 0 unspecified atom stereocenters. The monoisotopic (exact) mass is 427 g/mol. The number of amides is 2. The van der Waals surface area contributed by atoms with Crippen LogP contribution in [0.4, 0.5) is 0 Å². The zero-order valence-electron chi connectivity index (χ0n) is 18.4. The number of benzene rings is 2. The molecular weight excluding hydrogens is 398 g/mol. The molecule has 5 nitrogen and oxygen atoms in total. The molecule has 1 N–H and O–H groups in total. The highest BCUT2D eigenvalue weighted by Crippen LogP contribution is 2.34. The second-order valence-electron chi connectivity index (χ2n) is 8.49. The topological polar surface area (TPSA) is 62.3 Å². The van der Waals surface area contributed by atoms with E-state index in [-0.39, 0.29) is 23.8 Å². The van der Waals surface area contributed by atoms with Crippen LogP contribution in [0.15, 0.2) is 79.1 Å². The van der Waals surface area contributed by atoms with Crippen LogP contribution in [0.1, 0.15) is 41.1 Å². The molecule has 0 aliphatic carbocycles. The molecular formula is C27H29N3O2. The van der Waals surface area contributed by atoms with Gasteiger partial charge < -0.3 is 10.2 Å². The lowest BCUT2D eigenvalue weighted by Crippen LogP contribution is -2.47. The summed E-state index contributed by atoms with van der Waals surface area (Å²) in [4.78, 5) is 32.3. The highest BCUT2D eigenvalue weighted by molar-refractivity contribution is 5.82. The van der Waals surface area contributed by atoms with Crippen LogP contribution in [0, 0.1) is 12.8 Å². The van der Waals surface area contributed by atoms with Gasteiger partial charge in [0.2, 0.25) is 11.8 Å². The first-order valence-electron chi connectivity index (χ1n) is 11.2. The van der Waals surface area contributed by atoms with Crippen LogP contribution in [-0.4, -0.2) is 28.2 Å². The minimum Gasteiger partial charge on any atom is -0.352 e. The van der Waals surface area contributed by atoms with Crippen LogP contribution in [0.25, 0.3) is 0 Å². The summed E-state index contributed by atoms with van der Waals surface area (Å²) in [6.07, 6.45) is 5.34. The number of hydrogen-bond donors (Lipinski definition) is 1. The maximum Gasteiger partial charge on any atom is 0.227 e. The van der Waals surface area contributed by atoms with Gasteiger partial charge in [-0.25, -0.2) is 0 Å². The van der Waals surface area contributed by atoms with Crippen LogP contribution in [0.3, 0.4) is 0 Å². The van der Waals surface area contributed by atoms with E-state index in [1.807, 2.05) is 53.4 Å². The summed E-state index contributed by atoms with van der Waals surface area (Å²) in [5.74, 6) is -0.158. The summed E-state index contributed by atoms with van der Waals surface area (Å²) in [5.41, 5.74) is 4.27. The Labute approximate surface area is 189 Å². The van der Waals surface area contributed by atoms with E-state index in [4.69, 9.17) is 0 Å². The molecule has 0 bridgehead atoms. The van der Waals surface area contributed by atoms with Crippen LogP contribution < -0.4 is 5.32 Å². The van der Waals surface area contributed by atoms with E-state index in [0.717, 1.165) is 29.5 Å². The molecule has 0 radical (unpaired) electrons. The third-order valence-electron chi connectivity index (χ3n) is 6.09. The van der Waals surface area contributed by atoms with Gasteiger partial charge in [-0.05, 0) is 42.5 Å². The Morgan fingerprint density at radius 3 is 2.56 bits per heavy atom. The Morgan fingerprint density at radius 2 is 1.81 bits per heavy atom. The predicted molar refractivity (Wildman–Crippen MR) is 125 cm³/mol. The van der Waals surface area contributed by atoms with Crippen LogP contribution >= 0.6 is 0 Å². The van der Waals surface area contributed by atoms with Crippen molar-refractivity contribution in [3.8, 4) is 0 Å². The van der Waals surface area contributed by atoms with Gasteiger partial charge in [-0.3, -0.25) is 14.6 Å². The second-order valence-corrected chi connectivity index (χ2v) is 8.49. The van der Waals surface area contributed by atoms with Crippen molar-refractivity contribution in [3.63, 3.8) is 0 Å². The Morgan fingerprint density at radius 1 is 1.00 bits per heavy atom. The molecule has 1 aliphatic heterocycles. The number of rotatable bonds is 6. The molecule has 2 heterocycles. The standard InChI is InChI=1S/C27H29N3O2/c1-20-7-5-11-23(15-20)25-13-12-24(27(32)29-18-22-10-6-14-28-17-22)19-30(25)26(31)16-21-8-3-2-4-9-21/h2-11,14-15,17,24-25H,12-13,16,18-19H2,1H3,(H,29,32)/t24-,25+/m0/s1. The first-order valence-corrected chi connectivity index (χ1v) is 11.2. The fourth-order valence-corrected chi connectivity index (χ4v) is 4.39. The maximum absolute atomic E-state index is 13.4. The van der Waals surface area contributed by atoms with E-state index >= 15 is 0 Å². The van der Waals surface area contributed by atoms with Crippen molar-refractivity contribution >= 4 is 11.8 Å². The zero-order chi connectivity index (χ0) is 22.3. The quantitative estimate of drug-likeness (QED) is 0.640. The fraction of sp³-hybridized carbons (Fsp3) is 0.296. The van der Waals surface area contributed by atoms with E-state index in [9.17, 15) is 9.59 Å². The second kappa shape index (κ2) is 10.2. The summed E-state index contributed by atoms with van der Waals surface area (Å²) in [7, 11) is 0. The van der Waals surface area contributed by atoms with Crippen molar-refractivity contribution < 1.29 is 9.59 Å². The number of carbonyl (C=O) groups is 2. The molecule has 0 saturated carbocycles. The summed E-state index contributed by atoms with van der Waals surface area (Å²) in [6, 6.07) is 21.9. The van der Waals surface area contributed by atoms with Gasteiger partial charge >= 0.3 is 0 Å². The molecule has 3 aromatic rings. The molecule has 4 rings (SSSR count). The number of carbonyl (C=O) groups excluding carboxylic acids is 2. The van der Waals surface area contributed by atoms with Gasteiger partial charge in [0.25, 0.3) is 0 Å². The number of aromatic nitrogens is 1. The van der Waals surface area contributed by atoms with Gasteiger partial charge in [0.1, 0.15) is 0 Å². The number of likely N-dealkylation sites (tertiary alicyclic amines) is 1. The number of hydrogen-bond acceptors (Lipinski definition) is 3. The van der Waals surface area contributed by atoms with Gasteiger partial charge in [-0.1, -0.05) is 66.2 Å². The smallest absolute Gasteiger partial charge is 0.227 e. The van der Waals surface area contributed by atoms with Gasteiger partial charge in [0, 0.05) is 25.5 Å². The van der Waals surface area contributed by atoms with E-state index in [1.54, 1.807) is 12.4 Å². The van der Waals surface area contributed by atoms with Crippen LogP contribution in [0.2, 0.25) is 0 Å². The van der Waals surface area contributed by atoms with Crippen molar-refractivity contribution in [1.82, 2.24) is 15.2 Å². The van der Waals surface area contributed by atoms with Crippen molar-refractivity contribution in [2.24, 2.45) is 5.92 Å². The number of nitrogens with zero attached hydrogens (tertiary/aromatic N) is 2. The highest BCUT2D eigenvalue weighted by atomic mass is 16.2. The number of aryl methyl sites for hydroxylation is 1. The molecule has 164 valence electrons. The molecule has 1 saturated heterocycles. The third kappa shape index (κ3) is 5.41. The zero-order valence-corrected chi connectivity index (χ0v) is 18.4. The van der Waals surface area contributed by atoms with Crippen LogP contribution in [0.5, 0.6) is 0 Å². The largest absolute Gasteiger partial charge is 0.352 e. The number of piperidine rings is 1. The van der Waals surface area contributed by atoms with Crippen molar-refractivity contribution in [1.29, 1.82) is 0 Å². The molecule has 5 heteroatoms. The minimum absolute atomic E-state index is 0.00550. The maximum atomic E-state index is 13.4. The van der Waals surface area contributed by atoms with Gasteiger partial charge in [0.05, 0.1) is 18.4 Å². The van der Waals surface area contributed by atoms with Gasteiger partial charge in [-0.15, -0.1) is 0 Å². The summed E-state index contributed by atoms with van der Waals surface area (Å²) < 4.78 is 0. The molecule has 1 fully saturated rings. The lowest BCUT2D eigenvalue weighted by Gasteiger charge is -2.39. The molecule has 2 amide bonds. The highest BCUT2D eigenvalue weighted by Gasteiger charge is 2.35. The Kier molecular flexibility index (Phi) is 6.95. The third-order valence-corrected chi connectivity index (χ3v) is 6.09. The van der Waals surface area contributed by atoms with E-state index in [0.29, 0.717) is 19.5 Å². The van der Waals surface area contributed by atoms with E-state index in [1.165, 1.54) is 5.56 Å². The van der Waals surface area contributed by atoms with E-state index in [2.05, 4.69) is 35.4 Å². The number of nitrogens with one attached hydrogen (secondary N) is 1. The molecule has 1 aromatic heterocycles. The molecule has 32 heavy (non-hydrogen) atoms. The van der Waals surface area contributed by atoms with Gasteiger partial charge in [0.15, 0.2) is 0 Å². The lowest BCUT2D eigenvalue weighted by molar-refractivity contribution is -0.138. The fourth-order valence-electron chi connectivity index (χ4n) is 4.39. The molecule has 1 aliphatic rings. The van der Waals surface area contributed by atoms with Gasteiger partial charge in [-0.2, -0.15) is 0 Å². The average molecular weight is 428 g/mol. The number of pyridine rings is 1. The van der Waals surface area contributed by atoms with E-state index < -0.39 is 0 Å². The first-order chi connectivity index (χ1) is 15.6. The summed E-state index contributed by atoms with van der Waals surface area (Å²) >= 11 is 0. The first kappa shape index (κ1) is 21.8. The Hall–Kier alpha value is -3.47. The lowest BCUT2D eigenvalue weighted by atomic mass is 9.87. The van der Waals surface area contributed by atoms with Crippen molar-refractivity contribution in [3.05, 3.63) is 101 Å². The van der Waals surface area contributed by atoms with Crippen molar-refractivity contribution in [2.45, 2.75) is 38.8 Å². The van der Waals surface area contributed by atoms with Crippen LogP contribution in [-0.2, 0) is 22.6 Å². The molecule has 2 aromatic carbocycles. The molecule has 2 atom stereocenters. The average Bonchev–Trinajstić information content (AvgIpc) is 2.83. The SMILES string of the molecule is Cc1cccc([C@H]2CC[C@H](C(=O)NCc3cccnc3)CN2C(=O)Cc2ccccc2)c1.